The summed E-state index contributed by atoms with van der Waals surface area (Å²) in [5.41, 5.74) is 6.11. The second-order valence-corrected chi connectivity index (χ2v) is 4.44. The van der Waals surface area contributed by atoms with Gasteiger partial charge >= 0.3 is 0 Å². The minimum absolute atomic E-state index is 0.0768. The van der Waals surface area contributed by atoms with Gasteiger partial charge in [-0.15, -0.1) is 0 Å². The van der Waals surface area contributed by atoms with Crippen LogP contribution >= 0.6 is 0 Å². The Labute approximate surface area is 125 Å². The Kier molecular flexibility index (Phi) is 8.99. The van der Waals surface area contributed by atoms with Crippen LogP contribution in [0.15, 0.2) is 29.4 Å². The van der Waals surface area contributed by atoms with Gasteiger partial charge < -0.3 is 25.2 Å². The Morgan fingerprint density at radius 2 is 1.67 bits per heavy atom. The quantitative estimate of drug-likeness (QED) is 0.214. The fraction of sp³-hybridized carbons (Fsp3) is 0.533. The first kappa shape index (κ1) is 17.3. The standard InChI is InChI=1S/C15H24N2O4/c1-2-3-8-19-9-10-20-11-12-21-14-6-4-13(5-7-14)15(16)17-18/h4-7,18H,2-3,8-12H2,1H3,(H2,16,17). The molecule has 0 aliphatic heterocycles. The van der Waals surface area contributed by atoms with E-state index in [0.717, 1.165) is 19.4 Å². The van der Waals surface area contributed by atoms with E-state index in [2.05, 4.69) is 12.1 Å². The number of oxime groups is 1. The molecule has 0 bridgehead atoms. The Morgan fingerprint density at radius 3 is 2.29 bits per heavy atom. The summed E-state index contributed by atoms with van der Waals surface area (Å²) < 4.78 is 16.3. The Bertz CT molecular complexity index is 407. The van der Waals surface area contributed by atoms with E-state index in [1.165, 1.54) is 0 Å². The molecule has 0 aliphatic rings. The van der Waals surface area contributed by atoms with E-state index in [-0.39, 0.29) is 5.84 Å². The first-order chi connectivity index (χ1) is 10.3. The third-order valence-corrected chi connectivity index (χ3v) is 2.77. The predicted molar refractivity (Wildman–Crippen MR) is 81.0 cm³/mol. The zero-order valence-electron chi connectivity index (χ0n) is 12.5. The van der Waals surface area contributed by atoms with E-state index in [0.29, 0.717) is 37.7 Å². The highest BCUT2D eigenvalue weighted by atomic mass is 16.5. The van der Waals surface area contributed by atoms with Gasteiger partial charge in [0.1, 0.15) is 12.4 Å². The molecule has 0 aromatic heterocycles. The summed E-state index contributed by atoms with van der Waals surface area (Å²) in [5, 5.41) is 11.5. The van der Waals surface area contributed by atoms with Gasteiger partial charge in [0.25, 0.3) is 0 Å². The lowest BCUT2D eigenvalue weighted by molar-refractivity contribution is 0.0356. The fourth-order valence-electron chi connectivity index (χ4n) is 1.57. The van der Waals surface area contributed by atoms with Crippen LogP contribution in [0.5, 0.6) is 5.75 Å². The molecule has 1 aromatic rings. The second-order valence-electron chi connectivity index (χ2n) is 4.44. The number of unbranched alkanes of at least 4 members (excludes halogenated alkanes) is 1. The van der Waals surface area contributed by atoms with Crippen molar-refractivity contribution in [1.29, 1.82) is 0 Å². The van der Waals surface area contributed by atoms with Gasteiger partial charge in [0.05, 0.1) is 19.8 Å². The molecule has 0 atom stereocenters. The normalized spacial score (nSPS) is 11.6. The van der Waals surface area contributed by atoms with E-state index in [4.69, 9.17) is 25.2 Å². The van der Waals surface area contributed by atoms with Gasteiger partial charge in [-0.25, -0.2) is 0 Å². The third kappa shape index (κ3) is 7.53. The van der Waals surface area contributed by atoms with Crippen LogP contribution in [0.25, 0.3) is 0 Å². The minimum atomic E-state index is 0.0768. The highest BCUT2D eigenvalue weighted by Gasteiger charge is 1.99. The van der Waals surface area contributed by atoms with Gasteiger partial charge in [-0.3, -0.25) is 0 Å². The molecule has 0 radical (unpaired) electrons. The van der Waals surface area contributed by atoms with Crippen LogP contribution in [0, 0.1) is 0 Å². The van der Waals surface area contributed by atoms with E-state index in [1.807, 2.05) is 0 Å². The number of amidine groups is 1. The first-order valence-electron chi connectivity index (χ1n) is 7.14. The zero-order valence-corrected chi connectivity index (χ0v) is 12.5. The molecule has 6 nitrogen and oxygen atoms in total. The van der Waals surface area contributed by atoms with Gasteiger partial charge in [-0.05, 0) is 30.7 Å². The number of nitrogens with zero attached hydrogens (tertiary/aromatic N) is 1. The van der Waals surface area contributed by atoms with Crippen LogP contribution in [-0.2, 0) is 9.47 Å². The van der Waals surface area contributed by atoms with E-state index >= 15 is 0 Å². The highest BCUT2D eigenvalue weighted by molar-refractivity contribution is 5.97. The Balaban J connectivity index is 2.08. The van der Waals surface area contributed by atoms with Gasteiger partial charge in [0.15, 0.2) is 5.84 Å². The summed E-state index contributed by atoms with van der Waals surface area (Å²) in [6, 6.07) is 6.99. The largest absolute Gasteiger partial charge is 0.491 e. The Morgan fingerprint density at radius 1 is 1.05 bits per heavy atom. The summed E-state index contributed by atoms with van der Waals surface area (Å²) in [4.78, 5) is 0. The van der Waals surface area contributed by atoms with Crippen LogP contribution in [0.1, 0.15) is 25.3 Å². The van der Waals surface area contributed by atoms with Crippen molar-refractivity contribution in [3.63, 3.8) is 0 Å². The lowest BCUT2D eigenvalue weighted by Crippen LogP contribution is -2.13. The minimum Gasteiger partial charge on any atom is -0.491 e. The van der Waals surface area contributed by atoms with Crippen molar-refractivity contribution in [2.24, 2.45) is 10.9 Å². The van der Waals surface area contributed by atoms with Crippen LogP contribution in [0.3, 0.4) is 0 Å². The van der Waals surface area contributed by atoms with E-state index in [9.17, 15) is 0 Å². The van der Waals surface area contributed by atoms with Crippen molar-refractivity contribution in [2.75, 3.05) is 33.0 Å². The maximum Gasteiger partial charge on any atom is 0.170 e. The van der Waals surface area contributed by atoms with Gasteiger partial charge in [-0.2, -0.15) is 0 Å². The lowest BCUT2D eigenvalue weighted by Gasteiger charge is -2.08. The smallest absolute Gasteiger partial charge is 0.170 e. The zero-order chi connectivity index (χ0) is 15.3. The van der Waals surface area contributed by atoms with Crippen LogP contribution in [0.2, 0.25) is 0 Å². The highest BCUT2D eigenvalue weighted by Crippen LogP contribution is 2.11. The first-order valence-corrected chi connectivity index (χ1v) is 7.14. The summed E-state index contributed by atoms with van der Waals surface area (Å²) in [7, 11) is 0. The van der Waals surface area contributed by atoms with Crippen molar-refractivity contribution >= 4 is 5.84 Å². The van der Waals surface area contributed by atoms with Crippen molar-refractivity contribution in [2.45, 2.75) is 19.8 Å². The lowest BCUT2D eigenvalue weighted by atomic mass is 10.2. The second kappa shape index (κ2) is 10.9. The molecule has 0 fully saturated rings. The van der Waals surface area contributed by atoms with Gasteiger partial charge in [0, 0.05) is 12.2 Å². The van der Waals surface area contributed by atoms with Crippen molar-refractivity contribution in [3.05, 3.63) is 29.8 Å². The van der Waals surface area contributed by atoms with E-state index < -0.39 is 0 Å². The van der Waals surface area contributed by atoms with Gasteiger partial charge in [-0.1, -0.05) is 18.5 Å². The van der Waals surface area contributed by atoms with Crippen molar-refractivity contribution in [3.8, 4) is 5.75 Å². The Hall–Kier alpha value is -1.79. The molecular formula is C15H24N2O4. The third-order valence-electron chi connectivity index (χ3n) is 2.77. The molecular weight excluding hydrogens is 272 g/mol. The molecule has 0 aliphatic carbocycles. The summed E-state index contributed by atoms with van der Waals surface area (Å²) in [6.07, 6.45) is 2.23. The van der Waals surface area contributed by atoms with Crippen LogP contribution in [0.4, 0.5) is 0 Å². The van der Waals surface area contributed by atoms with Crippen LogP contribution in [-0.4, -0.2) is 44.1 Å². The number of hydrogen-bond donors (Lipinski definition) is 2. The maximum atomic E-state index is 8.55. The predicted octanol–water partition coefficient (Wildman–Crippen LogP) is 1.99. The van der Waals surface area contributed by atoms with Gasteiger partial charge in [0.2, 0.25) is 0 Å². The molecule has 0 heterocycles. The average Bonchev–Trinajstić information content (AvgIpc) is 2.53. The molecule has 6 heteroatoms. The van der Waals surface area contributed by atoms with Crippen molar-refractivity contribution < 1.29 is 19.4 Å². The molecule has 118 valence electrons. The van der Waals surface area contributed by atoms with E-state index in [1.54, 1.807) is 24.3 Å². The summed E-state index contributed by atoms with van der Waals surface area (Å²) in [6.45, 7) is 5.11. The number of hydrogen-bond acceptors (Lipinski definition) is 5. The molecule has 0 saturated heterocycles. The fourth-order valence-corrected chi connectivity index (χ4v) is 1.57. The molecule has 0 saturated carbocycles. The SMILES string of the molecule is CCCCOCCOCCOc1ccc(/C(N)=N/O)cc1. The average molecular weight is 296 g/mol. The molecule has 3 N–H and O–H groups in total. The molecule has 0 amide bonds. The number of nitrogens with two attached hydrogens (primary N) is 1. The molecule has 1 aromatic carbocycles. The topological polar surface area (TPSA) is 86.3 Å². The summed E-state index contributed by atoms with van der Waals surface area (Å²) >= 11 is 0. The molecule has 21 heavy (non-hydrogen) atoms. The number of ether oxygens (including phenoxy) is 3. The van der Waals surface area contributed by atoms with Crippen molar-refractivity contribution in [1.82, 2.24) is 0 Å². The summed E-state index contributed by atoms with van der Waals surface area (Å²) in [5.74, 6) is 0.792. The number of benzene rings is 1. The maximum absolute atomic E-state index is 8.55. The van der Waals surface area contributed by atoms with Crippen LogP contribution < -0.4 is 10.5 Å². The molecule has 0 unspecified atom stereocenters. The molecule has 0 spiro atoms. The number of rotatable bonds is 11. The monoisotopic (exact) mass is 296 g/mol. The molecule has 1 rings (SSSR count).